The maximum atomic E-state index is 10.2. The van der Waals surface area contributed by atoms with Gasteiger partial charge in [0.2, 0.25) is 0 Å². The van der Waals surface area contributed by atoms with Crippen molar-refractivity contribution in [3.05, 3.63) is 22.8 Å². The summed E-state index contributed by atoms with van der Waals surface area (Å²) in [7, 11) is 0. The van der Waals surface area contributed by atoms with Crippen LogP contribution in [0.4, 0.5) is 0 Å². The van der Waals surface area contributed by atoms with Crippen molar-refractivity contribution < 1.29 is 5.11 Å². The van der Waals surface area contributed by atoms with Crippen LogP contribution in [0.5, 0.6) is 0 Å². The zero-order valence-electron chi connectivity index (χ0n) is 11.0. The van der Waals surface area contributed by atoms with E-state index in [9.17, 15) is 5.11 Å². The molecule has 0 aromatic heterocycles. The normalized spacial score (nSPS) is 31.8. The van der Waals surface area contributed by atoms with E-state index in [-0.39, 0.29) is 6.10 Å². The maximum Gasteiger partial charge on any atom is 0.0776 e. The summed E-state index contributed by atoms with van der Waals surface area (Å²) >= 11 is 0. The van der Waals surface area contributed by atoms with E-state index in [0.29, 0.717) is 11.3 Å². The lowest BCUT2D eigenvalue weighted by Gasteiger charge is -2.33. The molecule has 0 aromatic rings. The SMILES string of the molecule is CC1=C2C=C(C(O)C(C)C)CC2(C)CCC1. The number of fused-ring (bicyclic) bond motifs is 1. The van der Waals surface area contributed by atoms with Crippen LogP contribution in [0.2, 0.25) is 0 Å². The monoisotopic (exact) mass is 220 g/mol. The van der Waals surface area contributed by atoms with Crippen molar-refractivity contribution in [1.82, 2.24) is 0 Å². The van der Waals surface area contributed by atoms with Crippen molar-refractivity contribution in [1.29, 1.82) is 0 Å². The Balaban J connectivity index is 2.30. The topological polar surface area (TPSA) is 20.2 Å². The summed E-state index contributed by atoms with van der Waals surface area (Å²) in [6.45, 7) is 8.81. The quantitative estimate of drug-likeness (QED) is 0.749. The van der Waals surface area contributed by atoms with Gasteiger partial charge in [0, 0.05) is 0 Å². The lowest BCUT2D eigenvalue weighted by Crippen LogP contribution is -2.22. The predicted molar refractivity (Wildman–Crippen MR) is 68.2 cm³/mol. The molecule has 0 radical (unpaired) electrons. The van der Waals surface area contributed by atoms with E-state index < -0.39 is 0 Å². The van der Waals surface area contributed by atoms with E-state index in [1.54, 1.807) is 5.57 Å². The van der Waals surface area contributed by atoms with Gasteiger partial charge in [-0.15, -0.1) is 0 Å². The summed E-state index contributed by atoms with van der Waals surface area (Å²) < 4.78 is 0. The molecule has 90 valence electrons. The van der Waals surface area contributed by atoms with Crippen LogP contribution in [0.15, 0.2) is 22.8 Å². The van der Waals surface area contributed by atoms with Gasteiger partial charge in [0.15, 0.2) is 0 Å². The Kier molecular flexibility index (Phi) is 3.00. The van der Waals surface area contributed by atoms with Crippen LogP contribution >= 0.6 is 0 Å². The van der Waals surface area contributed by atoms with Crippen LogP contribution < -0.4 is 0 Å². The van der Waals surface area contributed by atoms with Gasteiger partial charge in [-0.05, 0) is 55.1 Å². The van der Waals surface area contributed by atoms with Crippen molar-refractivity contribution in [3.63, 3.8) is 0 Å². The number of aliphatic hydroxyl groups excluding tert-OH is 1. The molecular weight excluding hydrogens is 196 g/mol. The van der Waals surface area contributed by atoms with Crippen molar-refractivity contribution in [2.75, 3.05) is 0 Å². The van der Waals surface area contributed by atoms with Crippen LogP contribution in [-0.2, 0) is 0 Å². The first-order valence-electron chi connectivity index (χ1n) is 6.53. The van der Waals surface area contributed by atoms with Gasteiger partial charge in [-0.25, -0.2) is 0 Å². The van der Waals surface area contributed by atoms with Gasteiger partial charge in [-0.1, -0.05) is 32.4 Å². The van der Waals surface area contributed by atoms with Gasteiger partial charge in [0.1, 0.15) is 0 Å². The van der Waals surface area contributed by atoms with Gasteiger partial charge >= 0.3 is 0 Å². The summed E-state index contributed by atoms with van der Waals surface area (Å²) in [6, 6.07) is 0. The first kappa shape index (κ1) is 11.9. The third-order valence-electron chi connectivity index (χ3n) is 4.33. The van der Waals surface area contributed by atoms with Crippen LogP contribution in [0.25, 0.3) is 0 Å². The minimum absolute atomic E-state index is 0.247. The maximum absolute atomic E-state index is 10.2. The van der Waals surface area contributed by atoms with Crippen molar-refractivity contribution in [3.8, 4) is 0 Å². The molecule has 1 N–H and O–H groups in total. The number of allylic oxidation sites excluding steroid dienone is 3. The number of hydrogen-bond acceptors (Lipinski definition) is 1. The van der Waals surface area contributed by atoms with E-state index in [4.69, 9.17) is 0 Å². The first-order valence-corrected chi connectivity index (χ1v) is 6.53. The number of hydrogen-bond donors (Lipinski definition) is 1. The van der Waals surface area contributed by atoms with Crippen molar-refractivity contribution in [2.24, 2.45) is 11.3 Å². The Bertz CT molecular complexity index is 348. The van der Waals surface area contributed by atoms with Crippen LogP contribution in [0.1, 0.15) is 53.4 Å². The molecule has 0 heterocycles. The highest BCUT2D eigenvalue weighted by molar-refractivity contribution is 5.43. The molecule has 0 amide bonds. The van der Waals surface area contributed by atoms with Crippen LogP contribution in [0.3, 0.4) is 0 Å². The van der Waals surface area contributed by atoms with Gasteiger partial charge in [0.05, 0.1) is 6.10 Å². The van der Waals surface area contributed by atoms with E-state index in [0.717, 1.165) is 6.42 Å². The molecule has 16 heavy (non-hydrogen) atoms. The smallest absolute Gasteiger partial charge is 0.0776 e. The lowest BCUT2D eigenvalue weighted by atomic mass is 9.72. The minimum atomic E-state index is -0.247. The molecule has 0 spiro atoms. The molecule has 1 nitrogen and oxygen atoms in total. The van der Waals surface area contributed by atoms with Gasteiger partial charge in [-0.2, -0.15) is 0 Å². The van der Waals surface area contributed by atoms with Crippen LogP contribution in [0, 0.1) is 11.3 Å². The first-order chi connectivity index (χ1) is 7.44. The fraction of sp³-hybridized carbons (Fsp3) is 0.733. The highest BCUT2D eigenvalue weighted by atomic mass is 16.3. The molecule has 0 aliphatic heterocycles. The molecule has 2 unspecified atom stereocenters. The Morgan fingerprint density at radius 1 is 1.38 bits per heavy atom. The van der Waals surface area contributed by atoms with Crippen molar-refractivity contribution >= 4 is 0 Å². The van der Waals surface area contributed by atoms with E-state index in [2.05, 4.69) is 33.8 Å². The van der Waals surface area contributed by atoms with Gasteiger partial charge in [0.25, 0.3) is 0 Å². The second kappa shape index (κ2) is 4.03. The Morgan fingerprint density at radius 2 is 2.06 bits per heavy atom. The summed E-state index contributed by atoms with van der Waals surface area (Å²) in [6.07, 6.45) is 6.95. The summed E-state index contributed by atoms with van der Waals surface area (Å²) in [5.74, 6) is 0.330. The molecule has 2 aliphatic carbocycles. The predicted octanol–water partition coefficient (Wildman–Crippen LogP) is 3.84. The average molecular weight is 220 g/mol. The molecule has 0 saturated carbocycles. The zero-order valence-corrected chi connectivity index (χ0v) is 11.0. The standard InChI is InChI=1S/C15H24O/c1-10(2)14(16)12-8-13-11(3)6-5-7-15(13,4)9-12/h8,10,14,16H,5-7,9H2,1-4H3. The highest BCUT2D eigenvalue weighted by Crippen LogP contribution is 2.51. The second-order valence-corrected chi connectivity index (χ2v) is 6.19. The van der Waals surface area contributed by atoms with Crippen molar-refractivity contribution in [2.45, 2.75) is 59.5 Å². The molecule has 2 aliphatic rings. The summed E-state index contributed by atoms with van der Waals surface area (Å²) in [5, 5.41) is 10.2. The summed E-state index contributed by atoms with van der Waals surface area (Å²) in [5.41, 5.74) is 4.65. The largest absolute Gasteiger partial charge is 0.388 e. The van der Waals surface area contributed by atoms with E-state index in [1.165, 1.54) is 30.4 Å². The second-order valence-electron chi connectivity index (χ2n) is 6.19. The Labute approximate surface area is 99.3 Å². The fourth-order valence-electron chi connectivity index (χ4n) is 3.31. The van der Waals surface area contributed by atoms with E-state index in [1.807, 2.05) is 0 Å². The van der Waals surface area contributed by atoms with Gasteiger partial charge in [-0.3, -0.25) is 0 Å². The average Bonchev–Trinajstić information content (AvgIpc) is 2.56. The Morgan fingerprint density at radius 3 is 2.62 bits per heavy atom. The van der Waals surface area contributed by atoms with Crippen LogP contribution in [-0.4, -0.2) is 11.2 Å². The van der Waals surface area contributed by atoms with Gasteiger partial charge < -0.3 is 5.11 Å². The molecule has 0 saturated heterocycles. The summed E-state index contributed by atoms with van der Waals surface area (Å²) in [4.78, 5) is 0. The fourth-order valence-corrected chi connectivity index (χ4v) is 3.31. The minimum Gasteiger partial charge on any atom is -0.388 e. The third kappa shape index (κ3) is 1.86. The molecule has 2 atom stereocenters. The number of rotatable bonds is 2. The zero-order chi connectivity index (χ0) is 11.9. The molecular formula is C15H24O. The third-order valence-corrected chi connectivity index (χ3v) is 4.33. The molecule has 0 bridgehead atoms. The molecule has 0 fully saturated rings. The lowest BCUT2D eigenvalue weighted by molar-refractivity contribution is 0.152. The molecule has 0 aromatic carbocycles. The molecule has 2 rings (SSSR count). The van der Waals surface area contributed by atoms with E-state index >= 15 is 0 Å². The molecule has 1 heteroatoms. The highest BCUT2D eigenvalue weighted by Gasteiger charge is 2.39. The Hall–Kier alpha value is -0.560. The number of aliphatic hydroxyl groups is 1.